The van der Waals surface area contributed by atoms with E-state index in [2.05, 4.69) is 52.6 Å². The van der Waals surface area contributed by atoms with E-state index in [1.807, 2.05) is 37.8 Å². The molecular formula is C28H34N6O2. The molecule has 4 aromatic rings. The Morgan fingerprint density at radius 3 is 2.50 bits per heavy atom. The number of hydrogen-bond donors (Lipinski definition) is 1. The van der Waals surface area contributed by atoms with Gasteiger partial charge in [-0.2, -0.15) is 4.98 Å². The van der Waals surface area contributed by atoms with Crippen molar-refractivity contribution in [2.24, 2.45) is 0 Å². The standard InChI is InChI=1S/C28H34N6O2/c1-5-6-11-22-29-25(33-14-16-34(17-15-33)27(35)31-28(2,3)4)23-24(32-36-26(23)30-22)21-13-12-19-9-7-8-10-20(19)18-21/h7-10,12-13,18H,5-6,11,14-17H2,1-4H3,(H,31,35). The minimum absolute atomic E-state index is 0.0274. The van der Waals surface area contributed by atoms with Crippen molar-refractivity contribution in [1.82, 2.24) is 25.3 Å². The van der Waals surface area contributed by atoms with E-state index in [1.54, 1.807) is 0 Å². The first-order valence-corrected chi connectivity index (χ1v) is 12.8. The highest BCUT2D eigenvalue weighted by molar-refractivity contribution is 6.00. The van der Waals surface area contributed by atoms with Crippen molar-refractivity contribution >= 4 is 33.7 Å². The van der Waals surface area contributed by atoms with Crippen LogP contribution in [0.15, 0.2) is 47.0 Å². The van der Waals surface area contributed by atoms with Gasteiger partial charge in [0.25, 0.3) is 5.71 Å². The molecule has 1 saturated heterocycles. The number of nitrogens with one attached hydrogen (secondary N) is 1. The van der Waals surface area contributed by atoms with Gasteiger partial charge in [0, 0.05) is 43.7 Å². The fraction of sp³-hybridized carbons (Fsp3) is 0.429. The second-order valence-electron chi connectivity index (χ2n) is 10.5. The van der Waals surface area contributed by atoms with Gasteiger partial charge in [0.15, 0.2) is 0 Å². The third kappa shape index (κ3) is 4.98. The lowest BCUT2D eigenvalue weighted by Crippen LogP contribution is -2.55. The summed E-state index contributed by atoms with van der Waals surface area (Å²) in [6.07, 6.45) is 2.87. The van der Waals surface area contributed by atoms with Crippen molar-refractivity contribution < 1.29 is 9.32 Å². The molecule has 5 rings (SSSR count). The second kappa shape index (κ2) is 9.76. The molecule has 2 aromatic heterocycles. The number of benzene rings is 2. The molecule has 0 bridgehead atoms. The maximum absolute atomic E-state index is 12.7. The van der Waals surface area contributed by atoms with Gasteiger partial charge in [-0.3, -0.25) is 0 Å². The van der Waals surface area contributed by atoms with Gasteiger partial charge in [0.1, 0.15) is 22.7 Å². The molecule has 0 saturated carbocycles. The predicted octanol–water partition coefficient (Wildman–Crippen LogP) is 5.41. The summed E-state index contributed by atoms with van der Waals surface area (Å²) in [7, 11) is 0. The smallest absolute Gasteiger partial charge is 0.317 e. The summed E-state index contributed by atoms with van der Waals surface area (Å²) in [5.41, 5.74) is 1.97. The Hall–Kier alpha value is -3.68. The number of anilines is 1. The first-order valence-electron chi connectivity index (χ1n) is 12.8. The number of fused-ring (bicyclic) bond motifs is 2. The van der Waals surface area contributed by atoms with Crippen LogP contribution in [0, 0.1) is 0 Å². The first-order chi connectivity index (χ1) is 17.3. The van der Waals surface area contributed by atoms with E-state index >= 15 is 0 Å². The number of hydrogen-bond acceptors (Lipinski definition) is 6. The molecule has 3 heterocycles. The van der Waals surface area contributed by atoms with Crippen molar-refractivity contribution in [2.75, 3.05) is 31.1 Å². The number of carbonyl (C=O) groups is 1. The number of nitrogens with zero attached hydrogens (tertiary/aromatic N) is 5. The molecule has 0 spiro atoms. The van der Waals surface area contributed by atoms with Crippen molar-refractivity contribution in [2.45, 2.75) is 52.5 Å². The van der Waals surface area contributed by atoms with Crippen LogP contribution in [0.5, 0.6) is 0 Å². The molecular weight excluding hydrogens is 452 g/mol. The van der Waals surface area contributed by atoms with Crippen LogP contribution in [0.25, 0.3) is 33.1 Å². The van der Waals surface area contributed by atoms with Gasteiger partial charge >= 0.3 is 6.03 Å². The molecule has 1 N–H and O–H groups in total. The molecule has 0 radical (unpaired) electrons. The number of piperazine rings is 1. The molecule has 0 aliphatic carbocycles. The van der Waals surface area contributed by atoms with Gasteiger partial charge in [-0.25, -0.2) is 9.78 Å². The molecule has 1 aliphatic heterocycles. The topological polar surface area (TPSA) is 87.4 Å². The van der Waals surface area contributed by atoms with Crippen LogP contribution < -0.4 is 10.2 Å². The van der Waals surface area contributed by atoms with Crippen molar-refractivity contribution in [3.05, 3.63) is 48.3 Å². The van der Waals surface area contributed by atoms with Crippen molar-refractivity contribution in [3.63, 3.8) is 0 Å². The highest BCUT2D eigenvalue weighted by atomic mass is 16.5. The maximum atomic E-state index is 12.7. The van der Waals surface area contributed by atoms with Crippen molar-refractivity contribution in [3.8, 4) is 11.3 Å². The Morgan fingerprint density at radius 2 is 1.78 bits per heavy atom. The van der Waals surface area contributed by atoms with Gasteiger partial charge in [0.2, 0.25) is 0 Å². The Labute approximate surface area is 211 Å². The number of aryl methyl sites for hydroxylation is 1. The molecule has 2 amide bonds. The number of carbonyl (C=O) groups excluding carboxylic acids is 1. The van der Waals surface area contributed by atoms with E-state index < -0.39 is 0 Å². The van der Waals surface area contributed by atoms with Crippen LogP contribution in [0.4, 0.5) is 10.6 Å². The molecule has 36 heavy (non-hydrogen) atoms. The van der Waals surface area contributed by atoms with Gasteiger partial charge in [0.05, 0.1) is 0 Å². The Kier molecular flexibility index (Phi) is 6.51. The summed E-state index contributed by atoms with van der Waals surface area (Å²) >= 11 is 0. The molecule has 0 unspecified atom stereocenters. The number of amides is 2. The number of unbranched alkanes of at least 4 members (excludes halogenated alkanes) is 1. The Morgan fingerprint density at radius 1 is 1.03 bits per heavy atom. The van der Waals surface area contributed by atoms with Crippen LogP contribution in [0.2, 0.25) is 0 Å². The van der Waals surface area contributed by atoms with E-state index in [0.717, 1.165) is 52.9 Å². The Balaban J connectivity index is 1.50. The average molecular weight is 487 g/mol. The van der Waals surface area contributed by atoms with Crippen LogP contribution in [-0.4, -0.2) is 57.8 Å². The molecule has 8 heteroatoms. The summed E-state index contributed by atoms with van der Waals surface area (Å²) in [5.74, 6) is 1.61. The predicted molar refractivity (Wildman–Crippen MR) is 143 cm³/mol. The van der Waals surface area contributed by atoms with E-state index in [0.29, 0.717) is 31.9 Å². The zero-order valence-corrected chi connectivity index (χ0v) is 21.5. The summed E-state index contributed by atoms with van der Waals surface area (Å²) < 4.78 is 5.78. The molecule has 2 aromatic carbocycles. The van der Waals surface area contributed by atoms with Gasteiger partial charge in [-0.15, -0.1) is 0 Å². The third-order valence-corrected chi connectivity index (χ3v) is 6.49. The third-order valence-electron chi connectivity index (χ3n) is 6.49. The van der Waals surface area contributed by atoms with Crippen LogP contribution in [0.3, 0.4) is 0 Å². The van der Waals surface area contributed by atoms with Crippen LogP contribution in [-0.2, 0) is 6.42 Å². The van der Waals surface area contributed by atoms with Crippen molar-refractivity contribution in [1.29, 1.82) is 0 Å². The van der Waals surface area contributed by atoms with Gasteiger partial charge in [-0.1, -0.05) is 54.9 Å². The van der Waals surface area contributed by atoms with Crippen LogP contribution >= 0.6 is 0 Å². The molecule has 8 nitrogen and oxygen atoms in total. The molecule has 1 aliphatic rings. The summed E-state index contributed by atoms with van der Waals surface area (Å²) in [6.45, 7) is 10.7. The zero-order chi connectivity index (χ0) is 25.3. The minimum atomic E-state index is -0.265. The van der Waals surface area contributed by atoms with Gasteiger partial charge in [-0.05, 0) is 44.0 Å². The maximum Gasteiger partial charge on any atom is 0.317 e. The number of rotatable bonds is 5. The lowest BCUT2D eigenvalue weighted by atomic mass is 10.0. The minimum Gasteiger partial charge on any atom is -0.352 e. The molecule has 1 fully saturated rings. The second-order valence-corrected chi connectivity index (χ2v) is 10.5. The average Bonchev–Trinajstić information content (AvgIpc) is 3.30. The fourth-order valence-electron chi connectivity index (χ4n) is 4.61. The highest BCUT2D eigenvalue weighted by Gasteiger charge is 2.28. The number of urea groups is 1. The SMILES string of the molecule is CCCCc1nc(N2CCN(C(=O)NC(C)(C)C)CC2)c2c(-c3ccc4ccccc4c3)noc2n1. The monoisotopic (exact) mass is 486 g/mol. The van der Waals surface area contributed by atoms with Gasteiger partial charge < -0.3 is 19.6 Å². The largest absolute Gasteiger partial charge is 0.352 e. The lowest BCUT2D eigenvalue weighted by Gasteiger charge is -2.37. The normalized spacial score (nSPS) is 14.6. The van der Waals surface area contributed by atoms with E-state index in [9.17, 15) is 4.79 Å². The summed E-state index contributed by atoms with van der Waals surface area (Å²) in [4.78, 5) is 26.5. The lowest BCUT2D eigenvalue weighted by molar-refractivity contribution is 0.185. The molecule has 0 atom stereocenters. The van der Waals surface area contributed by atoms with E-state index in [-0.39, 0.29) is 11.6 Å². The fourth-order valence-corrected chi connectivity index (χ4v) is 4.61. The summed E-state index contributed by atoms with van der Waals surface area (Å²) in [5, 5.41) is 10.7. The Bertz CT molecular complexity index is 1380. The van der Waals surface area contributed by atoms with Crippen LogP contribution in [0.1, 0.15) is 46.4 Å². The quantitative estimate of drug-likeness (QED) is 0.406. The highest BCUT2D eigenvalue weighted by Crippen LogP contribution is 2.35. The first kappa shape index (κ1) is 24.0. The number of aromatic nitrogens is 3. The zero-order valence-electron chi connectivity index (χ0n) is 21.5. The van der Waals surface area contributed by atoms with E-state index in [1.165, 1.54) is 5.39 Å². The molecule has 188 valence electrons. The van der Waals surface area contributed by atoms with E-state index in [4.69, 9.17) is 14.5 Å². The summed E-state index contributed by atoms with van der Waals surface area (Å²) in [6, 6.07) is 14.6.